The molecule has 5 nitrogen and oxygen atoms in total. The predicted molar refractivity (Wildman–Crippen MR) is 104 cm³/mol. The molecule has 0 bridgehead atoms. The van der Waals surface area contributed by atoms with Crippen molar-refractivity contribution in [3.8, 4) is 11.1 Å². The third-order valence-electron chi connectivity index (χ3n) is 4.70. The number of hydrogen-bond acceptors (Lipinski definition) is 4. The number of fused-ring (bicyclic) bond motifs is 1. The summed E-state index contributed by atoms with van der Waals surface area (Å²) in [5.74, 6) is 0.770. The summed E-state index contributed by atoms with van der Waals surface area (Å²) in [5.41, 5.74) is 3.15. The molecule has 0 aliphatic carbocycles. The molecule has 27 heavy (non-hydrogen) atoms. The highest BCUT2D eigenvalue weighted by Crippen LogP contribution is 2.36. The summed E-state index contributed by atoms with van der Waals surface area (Å²) < 4.78 is 11.7. The molecule has 0 radical (unpaired) electrons. The number of likely N-dealkylation sites (tertiary alicyclic amines) is 1. The van der Waals surface area contributed by atoms with Gasteiger partial charge in [0, 0.05) is 24.4 Å². The van der Waals surface area contributed by atoms with Gasteiger partial charge in [-0.3, -0.25) is 9.88 Å². The Morgan fingerprint density at radius 1 is 1.19 bits per heavy atom. The number of nitrogens with zero attached hydrogens (tertiary/aromatic N) is 2. The van der Waals surface area contributed by atoms with E-state index in [2.05, 4.69) is 4.98 Å². The van der Waals surface area contributed by atoms with Gasteiger partial charge < -0.3 is 9.15 Å². The van der Waals surface area contributed by atoms with Crippen LogP contribution in [0.1, 0.15) is 45.4 Å². The maximum atomic E-state index is 12.5. The summed E-state index contributed by atoms with van der Waals surface area (Å²) in [7, 11) is 0. The number of pyridine rings is 1. The number of rotatable bonds is 2. The van der Waals surface area contributed by atoms with Crippen molar-refractivity contribution in [2.24, 2.45) is 0 Å². The normalized spacial score (nSPS) is 17.4. The van der Waals surface area contributed by atoms with Crippen LogP contribution in [0.2, 0.25) is 0 Å². The molecule has 1 fully saturated rings. The zero-order chi connectivity index (χ0) is 19.0. The standard InChI is InChI=1S/C22H24N2O3/c1-22(2,3)27-21(25)24-11-7-10-18(24)20-13-17-19(26-20)12-16(14-23-17)15-8-5-4-6-9-15/h4-6,8-9,12-14,18H,7,10-11H2,1-3H3. The fourth-order valence-electron chi connectivity index (χ4n) is 3.49. The second-order valence-electron chi connectivity index (χ2n) is 7.95. The molecule has 0 saturated carbocycles. The second kappa shape index (κ2) is 6.72. The lowest BCUT2D eigenvalue weighted by Gasteiger charge is -2.27. The van der Waals surface area contributed by atoms with Crippen molar-refractivity contribution in [2.75, 3.05) is 6.54 Å². The molecule has 5 heteroatoms. The average molecular weight is 364 g/mol. The predicted octanol–water partition coefficient (Wildman–Crippen LogP) is 5.57. The first-order chi connectivity index (χ1) is 12.9. The second-order valence-corrected chi connectivity index (χ2v) is 7.95. The number of carbonyl (C=O) groups is 1. The minimum Gasteiger partial charge on any atom is -0.457 e. The summed E-state index contributed by atoms with van der Waals surface area (Å²) in [6.45, 7) is 6.32. The Bertz CT molecular complexity index is 957. The highest BCUT2D eigenvalue weighted by molar-refractivity contribution is 5.80. The number of ether oxygens (including phenoxy) is 1. The van der Waals surface area contributed by atoms with Crippen LogP contribution in [0.15, 0.2) is 53.1 Å². The lowest BCUT2D eigenvalue weighted by Crippen LogP contribution is -2.36. The van der Waals surface area contributed by atoms with Gasteiger partial charge in [0.05, 0.1) is 6.04 Å². The molecular formula is C22H24N2O3. The molecule has 0 N–H and O–H groups in total. The molecule has 1 aliphatic heterocycles. The lowest BCUT2D eigenvalue weighted by atomic mass is 10.1. The summed E-state index contributed by atoms with van der Waals surface area (Å²) in [6.07, 6.45) is 3.37. The molecule has 140 valence electrons. The van der Waals surface area contributed by atoms with Crippen LogP contribution in [0.4, 0.5) is 4.79 Å². The number of furan rings is 1. The highest BCUT2D eigenvalue weighted by atomic mass is 16.6. The quantitative estimate of drug-likeness (QED) is 0.597. The Kier molecular flexibility index (Phi) is 4.38. The van der Waals surface area contributed by atoms with Crippen LogP contribution in [0.3, 0.4) is 0 Å². The molecule has 4 rings (SSSR count). The molecular weight excluding hydrogens is 340 g/mol. The number of amides is 1. The molecule has 2 aromatic heterocycles. The monoisotopic (exact) mass is 364 g/mol. The first-order valence-corrected chi connectivity index (χ1v) is 9.35. The van der Waals surface area contributed by atoms with Crippen molar-refractivity contribution < 1.29 is 13.9 Å². The SMILES string of the molecule is CC(C)(C)OC(=O)N1CCCC1c1cc2ncc(-c3ccccc3)cc2o1. The minimum atomic E-state index is -0.510. The Labute approximate surface area is 158 Å². The lowest BCUT2D eigenvalue weighted by molar-refractivity contribution is 0.0209. The van der Waals surface area contributed by atoms with Crippen molar-refractivity contribution in [3.63, 3.8) is 0 Å². The smallest absolute Gasteiger partial charge is 0.410 e. The Hall–Kier alpha value is -2.82. The Balaban J connectivity index is 1.62. The topological polar surface area (TPSA) is 55.6 Å². The molecule has 1 atom stereocenters. The van der Waals surface area contributed by atoms with Gasteiger partial charge in [0.1, 0.15) is 16.9 Å². The van der Waals surface area contributed by atoms with E-state index in [1.165, 1.54) is 0 Å². The van der Waals surface area contributed by atoms with Crippen LogP contribution in [-0.4, -0.2) is 28.1 Å². The van der Waals surface area contributed by atoms with E-state index < -0.39 is 5.60 Å². The van der Waals surface area contributed by atoms with Gasteiger partial charge in [0.15, 0.2) is 5.58 Å². The fourth-order valence-corrected chi connectivity index (χ4v) is 3.49. The van der Waals surface area contributed by atoms with E-state index in [9.17, 15) is 4.79 Å². The van der Waals surface area contributed by atoms with E-state index in [0.29, 0.717) is 6.54 Å². The Morgan fingerprint density at radius 2 is 1.96 bits per heavy atom. The molecule has 1 aromatic carbocycles. The molecule has 1 saturated heterocycles. The number of hydrogen-bond donors (Lipinski definition) is 0. The zero-order valence-corrected chi connectivity index (χ0v) is 15.9. The van der Waals surface area contributed by atoms with E-state index in [1.54, 1.807) is 4.90 Å². The van der Waals surface area contributed by atoms with Gasteiger partial charge in [-0.05, 0) is 45.2 Å². The molecule has 3 heterocycles. The summed E-state index contributed by atoms with van der Waals surface area (Å²) >= 11 is 0. The molecule has 1 aliphatic rings. The Morgan fingerprint density at radius 3 is 2.70 bits per heavy atom. The van der Waals surface area contributed by atoms with Crippen LogP contribution in [0.5, 0.6) is 0 Å². The van der Waals surface area contributed by atoms with Gasteiger partial charge in [0.25, 0.3) is 0 Å². The van der Waals surface area contributed by atoms with Crippen LogP contribution in [0.25, 0.3) is 22.2 Å². The third-order valence-corrected chi connectivity index (χ3v) is 4.70. The largest absolute Gasteiger partial charge is 0.457 e. The van der Waals surface area contributed by atoms with E-state index in [1.807, 2.05) is 69.4 Å². The first-order valence-electron chi connectivity index (χ1n) is 9.35. The molecule has 1 amide bonds. The van der Waals surface area contributed by atoms with Crippen LogP contribution >= 0.6 is 0 Å². The number of aromatic nitrogens is 1. The highest BCUT2D eigenvalue weighted by Gasteiger charge is 2.35. The van der Waals surface area contributed by atoms with Gasteiger partial charge in [0.2, 0.25) is 0 Å². The fraction of sp³-hybridized carbons (Fsp3) is 0.364. The van der Waals surface area contributed by atoms with Crippen molar-refractivity contribution >= 4 is 17.2 Å². The van der Waals surface area contributed by atoms with Gasteiger partial charge in [-0.2, -0.15) is 0 Å². The van der Waals surface area contributed by atoms with Gasteiger partial charge in [-0.25, -0.2) is 4.79 Å². The van der Waals surface area contributed by atoms with Crippen molar-refractivity contribution in [3.05, 3.63) is 54.4 Å². The van der Waals surface area contributed by atoms with E-state index >= 15 is 0 Å². The maximum absolute atomic E-state index is 12.5. The zero-order valence-electron chi connectivity index (χ0n) is 15.9. The van der Waals surface area contributed by atoms with Crippen molar-refractivity contribution in [2.45, 2.75) is 45.3 Å². The average Bonchev–Trinajstić information content (AvgIpc) is 3.27. The van der Waals surface area contributed by atoms with Crippen LogP contribution < -0.4 is 0 Å². The van der Waals surface area contributed by atoms with Gasteiger partial charge in [-0.15, -0.1) is 0 Å². The van der Waals surface area contributed by atoms with E-state index in [-0.39, 0.29) is 12.1 Å². The summed E-state index contributed by atoms with van der Waals surface area (Å²) in [4.78, 5) is 18.9. The molecule has 3 aromatic rings. The van der Waals surface area contributed by atoms with Gasteiger partial charge in [-0.1, -0.05) is 30.3 Å². The maximum Gasteiger partial charge on any atom is 0.410 e. The number of benzene rings is 1. The third kappa shape index (κ3) is 3.68. The molecule has 1 unspecified atom stereocenters. The number of carbonyl (C=O) groups excluding carboxylic acids is 1. The van der Waals surface area contributed by atoms with E-state index in [4.69, 9.17) is 9.15 Å². The van der Waals surface area contributed by atoms with Crippen LogP contribution in [0, 0.1) is 0 Å². The van der Waals surface area contributed by atoms with Gasteiger partial charge >= 0.3 is 6.09 Å². The molecule has 0 spiro atoms. The van der Waals surface area contributed by atoms with E-state index in [0.717, 1.165) is 40.8 Å². The minimum absolute atomic E-state index is 0.103. The van der Waals surface area contributed by atoms with Crippen molar-refractivity contribution in [1.82, 2.24) is 9.88 Å². The van der Waals surface area contributed by atoms with Crippen molar-refractivity contribution in [1.29, 1.82) is 0 Å². The summed E-state index contributed by atoms with van der Waals surface area (Å²) in [6, 6.07) is 13.9. The first kappa shape index (κ1) is 17.6. The van der Waals surface area contributed by atoms with Crippen LogP contribution in [-0.2, 0) is 4.74 Å². The summed E-state index contributed by atoms with van der Waals surface area (Å²) in [5, 5.41) is 0.